The monoisotopic (exact) mass is 252 g/mol. The van der Waals surface area contributed by atoms with Crippen molar-refractivity contribution in [3.8, 4) is 11.5 Å². The van der Waals surface area contributed by atoms with Crippen LogP contribution in [0.1, 0.15) is 18.5 Å². The van der Waals surface area contributed by atoms with E-state index in [0.717, 1.165) is 25.1 Å². The van der Waals surface area contributed by atoms with Crippen molar-refractivity contribution in [2.75, 3.05) is 27.4 Å². The SMILES string of the molecule is COc1ccnc(CN2CCC[C@H]2CO)c1OC. The van der Waals surface area contributed by atoms with Crippen LogP contribution in [0.2, 0.25) is 0 Å². The van der Waals surface area contributed by atoms with Gasteiger partial charge in [0.15, 0.2) is 11.5 Å². The summed E-state index contributed by atoms with van der Waals surface area (Å²) in [5.41, 5.74) is 0.859. The van der Waals surface area contributed by atoms with E-state index in [2.05, 4.69) is 9.88 Å². The van der Waals surface area contributed by atoms with Crippen molar-refractivity contribution in [3.63, 3.8) is 0 Å². The molecular weight excluding hydrogens is 232 g/mol. The number of hydrogen-bond donors (Lipinski definition) is 1. The molecule has 2 heterocycles. The highest BCUT2D eigenvalue weighted by Gasteiger charge is 2.25. The van der Waals surface area contributed by atoms with E-state index in [1.807, 2.05) is 0 Å². The highest BCUT2D eigenvalue weighted by atomic mass is 16.5. The normalized spacial score (nSPS) is 20.1. The molecule has 1 atom stereocenters. The Kier molecular flexibility index (Phi) is 4.38. The van der Waals surface area contributed by atoms with E-state index >= 15 is 0 Å². The van der Waals surface area contributed by atoms with Gasteiger partial charge in [-0.05, 0) is 19.4 Å². The molecule has 1 N–H and O–H groups in total. The fourth-order valence-electron chi connectivity index (χ4n) is 2.47. The van der Waals surface area contributed by atoms with Gasteiger partial charge in [-0.2, -0.15) is 0 Å². The Morgan fingerprint density at radius 1 is 1.44 bits per heavy atom. The number of pyridine rings is 1. The van der Waals surface area contributed by atoms with Crippen molar-refractivity contribution in [1.29, 1.82) is 0 Å². The third kappa shape index (κ3) is 2.57. The molecule has 5 nitrogen and oxygen atoms in total. The van der Waals surface area contributed by atoms with Crippen LogP contribution in [0.3, 0.4) is 0 Å². The first-order chi connectivity index (χ1) is 8.80. The number of likely N-dealkylation sites (tertiary alicyclic amines) is 1. The molecule has 100 valence electrons. The topological polar surface area (TPSA) is 54.8 Å². The van der Waals surface area contributed by atoms with Gasteiger partial charge in [-0.15, -0.1) is 0 Å². The summed E-state index contributed by atoms with van der Waals surface area (Å²) in [4.78, 5) is 6.60. The second-order valence-corrected chi connectivity index (χ2v) is 4.44. The molecular formula is C13H20N2O3. The summed E-state index contributed by atoms with van der Waals surface area (Å²) in [6.45, 7) is 1.88. The molecule has 2 rings (SSSR count). The third-order valence-corrected chi connectivity index (χ3v) is 3.43. The molecule has 0 spiro atoms. The first-order valence-corrected chi connectivity index (χ1v) is 6.21. The average molecular weight is 252 g/mol. The van der Waals surface area contributed by atoms with Gasteiger partial charge in [0.1, 0.15) is 5.69 Å². The Labute approximate surface area is 107 Å². The maximum atomic E-state index is 9.32. The van der Waals surface area contributed by atoms with Crippen molar-refractivity contribution in [2.45, 2.75) is 25.4 Å². The largest absolute Gasteiger partial charge is 0.493 e. The van der Waals surface area contributed by atoms with E-state index in [9.17, 15) is 5.11 Å². The van der Waals surface area contributed by atoms with E-state index in [1.165, 1.54) is 0 Å². The van der Waals surface area contributed by atoms with Crippen molar-refractivity contribution >= 4 is 0 Å². The van der Waals surface area contributed by atoms with Crippen LogP contribution in [0, 0.1) is 0 Å². The molecule has 1 aliphatic heterocycles. The molecule has 0 amide bonds. The van der Waals surface area contributed by atoms with Gasteiger partial charge in [0.25, 0.3) is 0 Å². The van der Waals surface area contributed by atoms with Gasteiger partial charge in [0.05, 0.1) is 20.8 Å². The van der Waals surface area contributed by atoms with E-state index in [1.54, 1.807) is 26.5 Å². The van der Waals surface area contributed by atoms with Crippen LogP contribution in [-0.4, -0.2) is 48.4 Å². The lowest BCUT2D eigenvalue weighted by molar-refractivity contribution is 0.151. The summed E-state index contributed by atoms with van der Waals surface area (Å²) < 4.78 is 10.6. The number of aromatic nitrogens is 1. The van der Waals surface area contributed by atoms with Gasteiger partial charge >= 0.3 is 0 Å². The van der Waals surface area contributed by atoms with Crippen LogP contribution in [-0.2, 0) is 6.54 Å². The minimum Gasteiger partial charge on any atom is -0.493 e. The molecule has 18 heavy (non-hydrogen) atoms. The lowest BCUT2D eigenvalue weighted by Crippen LogP contribution is -2.32. The summed E-state index contributed by atoms with van der Waals surface area (Å²) in [7, 11) is 3.24. The Balaban J connectivity index is 2.18. The van der Waals surface area contributed by atoms with Gasteiger partial charge in [-0.1, -0.05) is 0 Å². The molecule has 1 saturated heterocycles. The highest BCUT2D eigenvalue weighted by Crippen LogP contribution is 2.31. The molecule has 0 aromatic carbocycles. The Hall–Kier alpha value is -1.33. The van der Waals surface area contributed by atoms with E-state index in [0.29, 0.717) is 18.0 Å². The van der Waals surface area contributed by atoms with Crippen molar-refractivity contribution in [1.82, 2.24) is 9.88 Å². The van der Waals surface area contributed by atoms with E-state index in [4.69, 9.17) is 9.47 Å². The summed E-state index contributed by atoms with van der Waals surface area (Å²) in [6, 6.07) is 2.03. The fourth-order valence-corrected chi connectivity index (χ4v) is 2.47. The van der Waals surface area contributed by atoms with Crippen molar-refractivity contribution in [2.24, 2.45) is 0 Å². The molecule has 0 aliphatic carbocycles. The molecule has 1 aromatic rings. The number of hydrogen-bond acceptors (Lipinski definition) is 5. The third-order valence-electron chi connectivity index (χ3n) is 3.43. The first-order valence-electron chi connectivity index (χ1n) is 6.21. The first kappa shape index (κ1) is 13.1. The number of aliphatic hydroxyl groups is 1. The van der Waals surface area contributed by atoms with Gasteiger partial charge in [-0.25, -0.2) is 0 Å². The molecule has 0 unspecified atom stereocenters. The number of aliphatic hydroxyl groups excluding tert-OH is 1. The predicted octanol–water partition coefficient (Wildman–Crippen LogP) is 1.06. The molecule has 0 bridgehead atoms. The Bertz CT molecular complexity index is 398. The minimum atomic E-state index is 0.201. The second-order valence-electron chi connectivity index (χ2n) is 4.44. The lowest BCUT2D eigenvalue weighted by atomic mass is 10.2. The zero-order valence-electron chi connectivity index (χ0n) is 10.9. The van der Waals surface area contributed by atoms with Crippen LogP contribution in [0.25, 0.3) is 0 Å². The average Bonchev–Trinajstić information content (AvgIpc) is 2.85. The summed E-state index contributed by atoms with van der Waals surface area (Å²) >= 11 is 0. The van der Waals surface area contributed by atoms with Gasteiger partial charge in [0, 0.05) is 24.8 Å². The van der Waals surface area contributed by atoms with Crippen LogP contribution in [0.5, 0.6) is 11.5 Å². The number of methoxy groups -OCH3 is 2. The number of ether oxygens (including phenoxy) is 2. The minimum absolute atomic E-state index is 0.201. The molecule has 1 fully saturated rings. The maximum Gasteiger partial charge on any atom is 0.183 e. The summed E-state index contributed by atoms with van der Waals surface area (Å²) in [6.07, 6.45) is 3.89. The lowest BCUT2D eigenvalue weighted by Gasteiger charge is -2.23. The Morgan fingerprint density at radius 3 is 2.94 bits per heavy atom. The van der Waals surface area contributed by atoms with Gasteiger partial charge in [-0.3, -0.25) is 9.88 Å². The van der Waals surface area contributed by atoms with Crippen LogP contribution in [0.15, 0.2) is 12.3 Å². The molecule has 1 aliphatic rings. The quantitative estimate of drug-likeness (QED) is 0.849. The number of rotatable bonds is 5. The van der Waals surface area contributed by atoms with Gasteiger partial charge < -0.3 is 14.6 Å². The van der Waals surface area contributed by atoms with Crippen LogP contribution in [0.4, 0.5) is 0 Å². The highest BCUT2D eigenvalue weighted by molar-refractivity contribution is 5.42. The molecule has 0 saturated carbocycles. The fraction of sp³-hybridized carbons (Fsp3) is 0.615. The molecule has 0 radical (unpaired) electrons. The van der Waals surface area contributed by atoms with Gasteiger partial charge in [0.2, 0.25) is 0 Å². The maximum absolute atomic E-state index is 9.32. The van der Waals surface area contributed by atoms with Crippen LogP contribution >= 0.6 is 0 Å². The van der Waals surface area contributed by atoms with Crippen molar-refractivity contribution < 1.29 is 14.6 Å². The second kappa shape index (κ2) is 6.02. The van der Waals surface area contributed by atoms with Crippen LogP contribution < -0.4 is 9.47 Å². The Morgan fingerprint density at radius 2 is 2.28 bits per heavy atom. The van der Waals surface area contributed by atoms with E-state index in [-0.39, 0.29) is 12.6 Å². The smallest absolute Gasteiger partial charge is 0.183 e. The predicted molar refractivity (Wildman–Crippen MR) is 67.9 cm³/mol. The zero-order valence-corrected chi connectivity index (χ0v) is 10.9. The molecule has 1 aromatic heterocycles. The number of nitrogens with zero attached hydrogens (tertiary/aromatic N) is 2. The standard InChI is InChI=1S/C13H20N2O3/c1-17-12-5-6-14-11(13(12)18-2)8-15-7-3-4-10(15)9-16/h5-6,10,16H,3-4,7-9H2,1-2H3/t10-/m0/s1. The van der Waals surface area contributed by atoms with Crippen molar-refractivity contribution in [3.05, 3.63) is 18.0 Å². The zero-order chi connectivity index (χ0) is 13.0. The molecule has 5 heteroatoms. The summed E-state index contributed by atoms with van der Waals surface area (Å²) in [5.74, 6) is 1.38. The summed E-state index contributed by atoms with van der Waals surface area (Å²) in [5, 5.41) is 9.32. The van der Waals surface area contributed by atoms with E-state index < -0.39 is 0 Å².